The average molecular weight is 484 g/mol. The Kier molecular flexibility index (Phi) is 5.42. The van der Waals surface area contributed by atoms with Crippen LogP contribution in [0.25, 0.3) is 28.1 Å². The largest absolute Gasteiger partial charge is 0.433 e. The number of rotatable bonds is 8. The van der Waals surface area contributed by atoms with Gasteiger partial charge in [-0.25, -0.2) is 18.1 Å². The van der Waals surface area contributed by atoms with Crippen LogP contribution in [0.4, 0.5) is 8.78 Å². The monoisotopic (exact) mass is 483 g/mol. The summed E-state index contributed by atoms with van der Waals surface area (Å²) < 4.78 is 59.7. The van der Waals surface area contributed by atoms with Gasteiger partial charge in [0, 0.05) is 23.3 Å². The van der Waals surface area contributed by atoms with Crippen molar-refractivity contribution in [3.63, 3.8) is 0 Å². The molecule has 34 heavy (non-hydrogen) atoms. The Hall–Kier alpha value is -3.62. The SMILES string of the molecule is C[C@H](NS(=O)(=O)c1ccc(-c2c(C#N)c3cc(OC(F)F)cnc3n2C2=CC=C2)nc1)C1CC1. The van der Waals surface area contributed by atoms with Crippen LogP contribution >= 0.6 is 0 Å². The van der Waals surface area contributed by atoms with E-state index < -0.39 is 16.6 Å². The van der Waals surface area contributed by atoms with Crippen molar-refractivity contribution in [2.45, 2.75) is 37.3 Å². The Bertz CT molecular complexity index is 1480. The second-order valence-corrected chi connectivity index (χ2v) is 9.88. The fraction of sp³-hybridized carbons (Fsp3) is 0.261. The summed E-state index contributed by atoms with van der Waals surface area (Å²) in [6.07, 6.45) is 9.82. The Morgan fingerprint density at radius 3 is 2.59 bits per heavy atom. The molecule has 3 aromatic heterocycles. The van der Waals surface area contributed by atoms with E-state index in [-0.39, 0.29) is 22.3 Å². The molecule has 1 fully saturated rings. The molecule has 174 valence electrons. The van der Waals surface area contributed by atoms with Gasteiger partial charge >= 0.3 is 6.61 Å². The minimum Gasteiger partial charge on any atom is -0.433 e. The molecule has 5 rings (SSSR count). The quantitative estimate of drug-likeness (QED) is 0.518. The predicted octanol–water partition coefficient (Wildman–Crippen LogP) is 4.06. The molecule has 1 saturated carbocycles. The summed E-state index contributed by atoms with van der Waals surface area (Å²) in [5, 5.41) is 10.2. The normalized spacial score (nSPS) is 16.3. The summed E-state index contributed by atoms with van der Waals surface area (Å²) in [4.78, 5) is 8.60. The number of alkyl halides is 2. The third-order valence-corrected chi connectivity index (χ3v) is 7.42. The minimum atomic E-state index is -3.75. The van der Waals surface area contributed by atoms with Crippen molar-refractivity contribution in [3.8, 4) is 23.2 Å². The number of sulfonamides is 1. The van der Waals surface area contributed by atoms with Gasteiger partial charge in [-0.1, -0.05) is 6.08 Å². The van der Waals surface area contributed by atoms with Crippen LogP contribution in [0.5, 0.6) is 5.75 Å². The molecule has 0 bridgehead atoms. The first kappa shape index (κ1) is 22.2. The fourth-order valence-electron chi connectivity index (χ4n) is 3.94. The maximum Gasteiger partial charge on any atom is 0.387 e. The number of hydrogen-bond donors (Lipinski definition) is 1. The molecule has 3 aromatic rings. The van der Waals surface area contributed by atoms with E-state index in [1.54, 1.807) is 22.8 Å². The highest BCUT2D eigenvalue weighted by molar-refractivity contribution is 7.89. The number of nitrogens with one attached hydrogen (secondary N) is 1. The average Bonchev–Trinajstić information content (AvgIpc) is 3.56. The molecule has 0 spiro atoms. The number of pyridine rings is 2. The lowest BCUT2D eigenvalue weighted by Gasteiger charge is -2.15. The Labute approximate surface area is 194 Å². The van der Waals surface area contributed by atoms with E-state index in [2.05, 4.69) is 25.5 Å². The second-order valence-electron chi connectivity index (χ2n) is 8.17. The van der Waals surface area contributed by atoms with Crippen LogP contribution in [0.3, 0.4) is 0 Å². The summed E-state index contributed by atoms with van der Waals surface area (Å²) in [5.41, 5.74) is 1.95. The first-order valence-electron chi connectivity index (χ1n) is 10.6. The van der Waals surface area contributed by atoms with Crippen molar-refractivity contribution < 1.29 is 21.9 Å². The number of hydrogen-bond acceptors (Lipinski definition) is 6. The van der Waals surface area contributed by atoms with Crippen LogP contribution in [-0.2, 0) is 10.0 Å². The molecule has 1 N–H and O–H groups in total. The molecule has 0 saturated heterocycles. The lowest BCUT2D eigenvalue weighted by Crippen LogP contribution is -2.34. The molecule has 0 aliphatic heterocycles. The first-order valence-corrected chi connectivity index (χ1v) is 12.0. The smallest absolute Gasteiger partial charge is 0.387 e. The Balaban J connectivity index is 1.59. The van der Waals surface area contributed by atoms with Gasteiger partial charge in [-0.3, -0.25) is 9.55 Å². The van der Waals surface area contributed by atoms with E-state index in [4.69, 9.17) is 0 Å². The zero-order valence-electron chi connectivity index (χ0n) is 17.9. The molecule has 2 aliphatic rings. The van der Waals surface area contributed by atoms with Gasteiger partial charge in [-0.15, -0.1) is 0 Å². The van der Waals surface area contributed by atoms with E-state index in [0.29, 0.717) is 28.3 Å². The maximum atomic E-state index is 12.7. The van der Waals surface area contributed by atoms with E-state index >= 15 is 0 Å². The molecule has 0 aromatic carbocycles. The van der Waals surface area contributed by atoms with Crippen LogP contribution in [-0.4, -0.2) is 35.6 Å². The number of nitrogens with zero attached hydrogens (tertiary/aromatic N) is 4. The molecular weight excluding hydrogens is 464 g/mol. The number of ether oxygens (including phenoxy) is 1. The fourth-order valence-corrected chi connectivity index (χ4v) is 5.19. The van der Waals surface area contributed by atoms with Crippen molar-refractivity contribution in [2.75, 3.05) is 0 Å². The number of halogens is 2. The van der Waals surface area contributed by atoms with Crippen molar-refractivity contribution in [3.05, 3.63) is 54.4 Å². The summed E-state index contributed by atoms with van der Waals surface area (Å²) >= 11 is 0. The zero-order chi connectivity index (χ0) is 24.0. The van der Waals surface area contributed by atoms with Gasteiger partial charge < -0.3 is 4.74 Å². The molecule has 11 heteroatoms. The van der Waals surface area contributed by atoms with E-state index in [1.165, 1.54) is 24.4 Å². The van der Waals surface area contributed by atoms with Gasteiger partial charge in [0.15, 0.2) is 0 Å². The molecule has 0 unspecified atom stereocenters. The molecule has 0 amide bonds. The number of aromatic nitrogens is 3. The number of fused-ring (bicyclic) bond motifs is 1. The molecule has 8 nitrogen and oxygen atoms in total. The standard InChI is InChI=1S/C23H19F2N5O3S/c1-13(14-5-6-14)29-34(31,32)17-7-8-20(27-12-17)21-19(10-26)18-9-16(33-23(24)25)11-28-22(18)30(21)15-3-2-4-15/h2-4,7-9,11-14,23,29H,5-6H2,1H3/t13-/m0/s1. The number of nitriles is 1. The lowest BCUT2D eigenvalue weighted by molar-refractivity contribution is -0.0499. The van der Waals surface area contributed by atoms with Crippen molar-refractivity contribution >= 4 is 26.8 Å². The number of allylic oxidation sites excluding steroid dienone is 4. The molecule has 2 aliphatic carbocycles. The first-order chi connectivity index (χ1) is 16.3. The van der Waals surface area contributed by atoms with Crippen LogP contribution in [0.2, 0.25) is 0 Å². The van der Waals surface area contributed by atoms with Crippen LogP contribution < -0.4 is 9.46 Å². The van der Waals surface area contributed by atoms with Gasteiger partial charge in [0.1, 0.15) is 22.4 Å². The van der Waals surface area contributed by atoms with E-state index in [9.17, 15) is 22.5 Å². The Morgan fingerprint density at radius 1 is 1.26 bits per heavy atom. The molecule has 3 heterocycles. The zero-order valence-corrected chi connectivity index (χ0v) is 18.8. The molecule has 1 atom stereocenters. The van der Waals surface area contributed by atoms with Crippen molar-refractivity contribution in [1.82, 2.24) is 19.3 Å². The summed E-state index contributed by atoms with van der Waals surface area (Å²) in [6, 6.07) is 6.22. The van der Waals surface area contributed by atoms with Gasteiger partial charge in [-0.05, 0) is 56.0 Å². The highest BCUT2D eigenvalue weighted by Gasteiger charge is 2.31. The van der Waals surface area contributed by atoms with Crippen LogP contribution in [0, 0.1) is 17.2 Å². The maximum absolute atomic E-state index is 12.7. The minimum absolute atomic E-state index is 0.0124. The predicted molar refractivity (Wildman–Crippen MR) is 120 cm³/mol. The van der Waals surface area contributed by atoms with Crippen molar-refractivity contribution in [1.29, 1.82) is 5.26 Å². The summed E-state index contributed by atoms with van der Waals surface area (Å²) in [5.74, 6) is 0.178. The topological polar surface area (TPSA) is 110 Å². The van der Waals surface area contributed by atoms with Crippen LogP contribution in [0.1, 0.15) is 25.3 Å². The molecule has 0 radical (unpaired) electrons. The van der Waals surface area contributed by atoms with Gasteiger partial charge in [0.2, 0.25) is 10.0 Å². The highest BCUT2D eigenvalue weighted by atomic mass is 32.2. The third kappa shape index (κ3) is 3.95. The highest BCUT2D eigenvalue weighted by Crippen LogP contribution is 2.38. The van der Waals surface area contributed by atoms with Gasteiger partial charge in [-0.2, -0.15) is 14.0 Å². The summed E-state index contributed by atoms with van der Waals surface area (Å²) in [7, 11) is -3.75. The van der Waals surface area contributed by atoms with Crippen LogP contribution in [0.15, 0.2) is 53.7 Å². The van der Waals surface area contributed by atoms with Gasteiger partial charge in [0.05, 0.1) is 23.1 Å². The summed E-state index contributed by atoms with van der Waals surface area (Å²) in [6.45, 7) is -1.19. The lowest BCUT2D eigenvalue weighted by atomic mass is 10.1. The van der Waals surface area contributed by atoms with E-state index in [1.807, 2.05) is 6.92 Å². The molecular formula is C23H19F2N5O3S. The third-order valence-electron chi connectivity index (χ3n) is 5.87. The second kappa shape index (κ2) is 8.30. The van der Waals surface area contributed by atoms with Crippen molar-refractivity contribution in [2.24, 2.45) is 5.92 Å². The van der Waals surface area contributed by atoms with E-state index in [0.717, 1.165) is 24.7 Å². The Morgan fingerprint density at radius 2 is 2.03 bits per heavy atom. The van der Waals surface area contributed by atoms with Gasteiger partial charge in [0.25, 0.3) is 0 Å².